The van der Waals surface area contributed by atoms with E-state index in [4.69, 9.17) is 0 Å². The number of halogens is 5. The number of ether oxygens (including phenoxy) is 1. The van der Waals surface area contributed by atoms with E-state index in [0.717, 1.165) is 13.8 Å². The predicted molar refractivity (Wildman–Crippen MR) is 67.1 cm³/mol. The van der Waals surface area contributed by atoms with Crippen LogP contribution in [0.4, 0.5) is 22.0 Å². The van der Waals surface area contributed by atoms with Crippen molar-refractivity contribution >= 4 is 32.0 Å². The molecule has 0 aliphatic rings. The molecule has 0 aromatic carbocycles. The summed E-state index contributed by atoms with van der Waals surface area (Å²) in [5.74, 6) is -4.62. The first-order valence-electron chi connectivity index (χ1n) is 5.81. The first kappa shape index (κ1) is 22.6. The van der Waals surface area contributed by atoms with Gasteiger partial charge in [-0.15, -0.1) is 0 Å². The number of nitrogens with one attached hydrogen (secondary N) is 1. The Kier molecular flexibility index (Phi) is 6.15. The van der Waals surface area contributed by atoms with Gasteiger partial charge in [0.15, 0.2) is 0 Å². The van der Waals surface area contributed by atoms with Crippen LogP contribution in [0.2, 0.25) is 0 Å². The first-order valence-corrected chi connectivity index (χ1v) is 8.77. The molecule has 0 unspecified atom stereocenters. The molecule has 0 aliphatic carbocycles. The summed E-state index contributed by atoms with van der Waals surface area (Å²) in [5.41, 5.74) is -7.72. The summed E-state index contributed by atoms with van der Waals surface area (Å²) in [5, 5.41) is -5.77. The van der Waals surface area contributed by atoms with Gasteiger partial charge in [0.25, 0.3) is 0 Å². The Bertz CT molecular complexity index is 724. The van der Waals surface area contributed by atoms with Crippen molar-refractivity contribution in [3.8, 4) is 0 Å². The molecular weight excluding hydrogens is 393 g/mol. The predicted octanol–water partition coefficient (Wildman–Crippen LogP) is 0.854. The van der Waals surface area contributed by atoms with Crippen molar-refractivity contribution in [2.75, 3.05) is 0 Å². The fraction of sp³-hybridized carbons (Fsp3) is 0.778. The number of rotatable bonds is 6. The van der Waals surface area contributed by atoms with Crippen LogP contribution >= 0.6 is 0 Å². The van der Waals surface area contributed by atoms with Gasteiger partial charge in [0.05, 0.1) is 5.41 Å². The molecule has 0 fully saturated rings. The number of carbonyl (C=O) groups is 2. The maximum atomic E-state index is 13.5. The van der Waals surface area contributed by atoms with Crippen LogP contribution in [-0.4, -0.2) is 39.5 Å². The van der Waals surface area contributed by atoms with Crippen LogP contribution in [0, 0.1) is 5.41 Å². The van der Waals surface area contributed by atoms with E-state index in [1.54, 1.807) is 0 Å². The third-order valence-corrected chi connectivity index (χ3v) is 5.93. The lowest BCUT2D eigenvalue weighted by Gasteiger charge is -2.21. The lowest BCUT2D eigenvalue weighted by Crippen LogP contribution is -2.51. The molecule has 0 rings (SSSR count). The monoisotopic (exact) mass is 405 g/mol. The number of alkyl halides is 5. The zero-order valence-electron chi connectivity index (χ0n) is 12.3. The van der Waals surface area contributed by atoms with Crippen LogP contribution in [-0.2, 0) is 34.4 Å². The third kappa shape index (κ3) is 4.60. The molecule has 0 amide bonds. The second-order valence-electron chi connectivity index (χ2n) is 4.97. The second-order valence-corrected chi connectivity index (χ2v) is 8.62. The summed E-state index contributed by atoms with van der Waals surface area (Å²) in [7, 11) is -13.5. The number of sulfonamides is 2. The zero-order chi connectivity index (χ0) is 19.8. The highest BCUT2D eigenvalue weighted by atomic mass is 32.3. The van der Waals surface area contributed by atoms with Crippen LogP contribution in [0.25, 0.3) is 0 Å². The first-order chi connectivity index (χ1) is 10.3. The van der Waals surface area contributed by atoms with Gasteiger partial charge >= 0.3 is 42.7 Å². The average molecular weight is 405 g/mol. The Hall–Kier alpha value is -1.35. The van der Waals surface area contributed by atoms with E-state index in [-0.39, 0.29) is 10.5 Å². The number of esters is 2. The highest BCUT2D eigenvalue weighted by Gasteiger charge is 2.60. The molecule has 0 bridgehead atoms. The Balaban J connectivity index is 5.59. The summed E-state index contributed by atoms with van der Waals surface area (Å²) < 4.78 is 110. The van der Waals surface area contributed by atoms with Gasteiger partial charge in [-0.25, -0.2) is 21.6 Å². The lowest BCUT2D eigenvalue weighted by molar-refractivity contribution is -0.176. The zero-order valence-corrected chi connectivity index (χ0v) is 13.9. The number of carbonyl (C=O) groups excluding carboxylic acids is 2. The molecule has 0 aromatic rings. The molecule has 0 saturated carbocycles. The standard InChI is InChI=1S/C9H12F5NO7S2/c1-4-7(2,3)5(16)22-6(17)8(10,11)23(18,19)15-24(20,21)9(12,13)14/h15H,4H2,1-3H3. The molecule has 0 aliphatic heterocycles. The maximum absolute atomic E-state index is 13.5. The summed E-state index contributed by atoms with van der Waals surface area (Å²) in [6, 6.07) is 0. The Morgan fingerprint density at radius 3 is 1.67 bits per heavy atom. The van der Waals surface area contributed by atoms with Gasteiger partial charge in [-0.1, -0.05) is 11.1 Å². The van der Waals surface area contributed by atoms with E-state index < -0.39 is 48.2 Å². The highest BCUT2D eigenvalue weighted by Crippen LogP contribution is 2.29. The molecule has 0 aromatic heterocycles. The topological polar surface area (TPSA) is 124 Å². The van der Waals surface area contributed by atoms with Crippen molar-refractivity contribution in [2.45, 2.75) is 38.0 Å². The van der Waals surface area contributed by atoms with Crippen molar-refractivity contribution in [2.24, 2.45) is 5.41 Å². The van der Waals surface area contributed by atoms with Gasteiger partial charge in [0, 0.05) is 0 Å². The van der Waals surface area contributed by atoms with Crippen molar-refractivity contribution in [1.29, 1.82) is 0 Å². The minimum atomic E-state index is -6.74. The molecule has 15 heteroatoms. The quantitative estimate of drug-likeness (QED) is 0.395. The minimum absolute atomic E-state index is 0.0157. The van der Waals surface area contributed by atoms with Crippen molar-refractivity contribution in [3.05, 3.63) is 0 Å². The Morgan fingerprint density at radius 1 is 0.917 bits per heavy atom. The molecule has 0 spiro atoms. The Morgan fingerprint density at radius 2 is 1.33 bits per heavy atom. The van der Waals surface area contributed by atoms with Crippen LogP contribution in [0.1, 0.15) is 27.2 Å². The van der Waals surface area contributed by atoms with Crippen molar-refractivity contribution in [1.82, 2.24) is 4.13 Å². The molecule has 1 N–H and O–H groups in total. The van der Waals surface area contributed by atoms with Gasteiger partial charge in [-0.05, 0) is 20.3 Å². The molecule has 24 heavy (non-hydrogen) atoms. The van der Waals surface area contributed by atoms with Gasteiger partial charge < -0.3 is 4.74 Å². The van der Waals surface area contributed by atoms with E-state index in [1.165, 1.54) is 6.92 Å². The molecule has 0 radical (unpaired) electrons. The van der Waals surface area contributed by atoms with E-state index in [0.29, 0.717) is 0 Å². The van der Waals surface area contributed by atoms with Crippen LogP contribution in [0.5, 0.6) is 0 Å². The Labute approximate surface area is 133 Å². The van der Waals surface area contributed by atoms with Gasteiger partial charge in [0.2, 0.25) is 0 Å². The second kappa shape index (κ2) is 6.51. The summed E-state index contributed by atoms with van der Waals surface area (Å²) in [4.78, 5) is 22.6. The molecule has 0 atom stereocenters. The van der Waals surface area contributed by atoms with E-state index in [9.17, 15) is 48.4 Å². The molecule has 142 valence electrons. The smallest absolute Gasteiger partial charge is 0.387 e. The van der Waals surface area contributed by atoms with Crippen LogP contribution < -0.4 is 4.13 Å². The fourth-order valence-electron chi connectivity index (χ4n) is 0.780. The van der Waals surface area contributed by atoms with Gasteiger partial charge in [0.1, 0.15) is 0 Å². The largest absolute Gasteiger partial charge is 0.512 e. The summed E-state index contributed by atoms with van der Waals surface area (Å²) in [6.07, 6.45) is -0.0157. The summed E-state index contributed by atoms with van der Waals surface area (Å²) in [6.45, 7) is 3.71. The normalized spacial score (nSPS) is 14.3. The van der Waals surface area contributed by atoms with E-state index in [2.05, 4.69) is 4.74 Å². The van der Waals surface area contributed by atoms with Crippen molar-refractivity contribution < 1.29 is 53.1 Å². The van der Waals surface area contributed by atoms with E-state index >= 15 is 0 Å². The molecular formula is C9H12F5NO7S2. The average Bonchev–Trinajstić information content (AvgIpc) is 2.35. The van der Waals surface area contributed by atoms with Gasteiger partial charge in [-0.2, -0.15) is 22.0 Å². The fourth-order valence-corrected chi connectivity index (χ4v) is 2.99. The SMILES string of the molecule is CCC(C)(C)C(=O)OC(=O)C(F)(F)S(=O)(=O)NS(=O)(=O)C(F)(F)F. The number of hydrogen-bond donors (Lipinski definition) is 1. The maximum Gasteiger partial charge on any atom is 0.512 e. The highest BCUT2D eigenvalue weighted by molar-refractivity contribution is 8.05. The van der Waals surface area contributed by atoms with Crippen LogP contribution in [0.15, 0.2) is 0 Å². The van der Waals surface area contributed by atoms with Crippen molar-refractivity contribution in [3.63, 3.8) is 0 Å². The number of hydrogen-bond acceptors (Lipinski definition) is 7. The lowest BCUT2D eigenvalue weighted by atomic mass is 9.91. The van der Waals surface area contributed by atoms with E-state index in [1.807, 2.05) is 0 Å². The molecule has 8 nitrogen and oxygen atoms in total. The van der Waals surface area contributed by atoms with Gasteiger partial charge in [-0.3, -0.25) is 4.79 Å². The molecule has 0 saturated heterocycles. The summed E-state index contributed by atoms with van der Waals surface area (Å²) >= 11 is 0. The molecule has 0 heterocycles. The third-order valence-electron chi connectivity index (χ3n) is 2.72. The minimum Gasteiger partial charge on any atom is -0.387 e. The van der Waals surface area contributed by atoms with Crippen LogP contribution in [0.3, 0.4) is 0 Å².